The Balaban J connectivity index is 1.65. The maximum atomic E-state index is 10.0. The molecule has 0 unspecified atom stereocenters. The molecule has 0 aliphatic carbocycles. The summed E-state index contributed by atoms with van der Waals surface area (Å²) in [4.78, 5) is 2.29. The van der Waals surface area contributed by atoms with Crippen molar-refractivity contribution in [3.05, 3.63) is 151 Å². The minimum absolute atomic E-state index is 0.491. The Hall–Kier alpha value is -5.90. The minimum atomic E-state index is 0.491. The summed E-state index contributed by atoms with van der Waals surface area (Å²) in [6, 6.07) is 52.0. The lowest BCUT2D eigenvalue weighted by Crippen LogP contribution is -2.10. The van der Waals surface area contributed by atoms with E-state index in [-0.39, 0.29) is 0 Å². The zero-order chi connectivity index (χ0) is 27.8. The van der Waals surface area contributed by atoms with Crippen molar-refractivity contribution in [3.63, 3.8) is 0 Å². The van der Waals surface area contributed by atoms with Crippen molar-refractivity contribution in [1.29, 1.82) is 10.5 Å². The van der Waals surface area contributed by atoms with E-state index in [9.17, 15) is 10.5 Å². The first kappa shape index (κ1) is 24.2. The summed E-state index contributed by atoms with van der Waals surface area (Å²) in [6.45, 7) is 0. The van der Waals surface area contributed by atoms with Crippen LogP contribution in [0.4, 0.5) is 17.1 Å². The van der Waals surface area contributed by atoms with Gasteiger partial charge in [0.1, 0.15) is 0 Å². The molecule has 0 N–H and O–H groups in total. The summed E-state index contributed by atoms with van der Waals surface area (Å²) >= 11 is 0. The summed E-state index contributed by atoms with van der Waals surface area (Å²) < 4.78 is 0. The maximum Gasteiger partial charge on any atom is 0.0998 e. The molecule has 3 heteroatoms. The molecule has 0 saturated carbocycles. The largest absolute Gasteiger partial charge is 0.310 e. The first-order chi connectivity index (χ1) is 20.3. The van der Waals surface area contributed by atoms with Gasteiger partial charge in [-0.2, -0.15) is 10.5 Å². The lowest BCUT2D eigenvalue weighted by atomic mass is 9.87. The summed E-state index contributed by atoms with van der Waals surface area (Å²) in [7, 11) is 0. The first-order valence-corrected chi connectivity index (χ1v) is 13.5. The highest BCUT2D eigenvalue weighted by atomic mass is 15.1. The molecular weight excluding hydrogens is 498 g/mol. The van der Waals surface area contributed by atoms with E-state index in [0.29, 0.717) is 16.7 Å². The molecule has 41 heavy (non-hydrogen) atoms. The molecule has 0 heterocycles. The molecule has 3 nitrogen and oxygen atoms in total. The second-order valence-corrected chi connectivity index (χ2v) is 9.97. The van der Waals surface area contributed by atoms with E-state index in [4.69, 9.17) is 0 Å². The molecule has 7 aromatic rings. The molecule has 190 valence electrons. The number of anilines is 3. The maximum absolute atomic E-state index is 10.0. The molecule has 0 fully saturated rings. The van der Waals surface area contributed by atoms with Crippen molar-refractivity contribution in [2.24, 2.45) is 0 Å². The number of fused-ring (bicyclic) bond motifs is 5. The Kier molecular flexibility index (Phi) is 5.90. The highest BCUT2D eigenvalue weighted by Gasteiger charge is 2.20. The number of nitriles is 2. The molecule has 0 spiro atoms. The Morgan fingerprint density at radius 2 is 0.951 bits per heavy atom. The fourth-order valence-electron chi connectivity index (χ4n) is 5.96. The van der Waals surface area contributed by atoms with Crippen LogP contribution in [0.3, 0.4) is 0 Å². The topological polar surface area (TPSA) is 50.8 Å². The first-order valence-electron chi connectivity index (χ1n) is 13.5. The number of hydrogen-bond donors (Lipinski definition) is 0. The molecule has 0 aliphatic rings. The van der Waals surface area contributed by atoms with Gasteiger partial charge in [-0.15, -0.1) is 0 Å². The molecular formula is C38H23N3. The molecule has 0 aliphatic heterocycles. The van der Waals surface area contributed by atoms with E-state index in [2.05, 4.69) is 120 Å². The number of rotatable bonds is 4. The van der Waals surface area contributed by atoms with Crippen LogP contribution in [0, 0.1) is 22.7 Å². The number of nitrogens with zero attached hydrogens (tertiary/aromatic N) is 3. The minimum Gasteiger partial charge on any atom is -0.310 e. The SMILES string of the molecule is N#Cc1cccc(C#N)c1-c1cc2cc(N(c3ccccc3)c3ccccc3)c3ccccc3c2c2ccccc12. The van der Waals surface area contributed by atoms with Gasteiger partial charge in [0.25, 0.3) is 0 Å². The van der Waals surface area contributed by atoms with Crippen molar-refractivity contribution >= 4 is 49.4 Å². The Labute approximate surface area is 238 Å². The monoisotopic (exact) mass is 521 g/mol. The lowest BCUT2D eigenvalue weighted by molar-refractivity contribution is 1.30. The molecule has 0 aromatic heterocycles. The predicted molar refractivity (Wildman–Crippen MR) is 169 cm³/mol. The van der Waals surface area contributed by atoms with E-state index in [0.717, 1.165) is 54.9 Å². The molecule has 0 bridgehead atoms. The standard InChI is InChI=1S/C38H23N3/c39-24-26-12-11-13-27(25-40)37(26)35-22-28-23-36(41(29-14-3-1-4-15-29)30-16-5-2-6-17-30)32-19-8-10-21-34(32)38(28)33-20-9-7-18-31(33)35/h1-23H. The number of hydrogen-bond acceptors (Lipinski definition) is 3. The highest BCUT2D eigenvalue weighted by Crippen LogP contribution is 2.45. The molecule has 7 rings (SSSR count). The molecule has 0 amide bonds. The van der Waals surface area contributed by atoms with Crippen molar-refractivity contribution in [1.82, 2.24) is 0 Å². The van der Waals surface area contributed by atoms with Gasteiger partial charge in [0.2, 0.25) is 0 Å². The number of benzene rings is 7. The molecule has 0 saturated heterocycles. The Bertz CT molecular complexity index is 2100. The highest BCUT2D eigenvalue weighted by molar-refractivity contribution is 6.26. The van der Waals surface area contributed by atoms with Crippen LogP contribution in [0.15, 0.2) is 140 Å². The van der Waals surface area contributed by atoms with Crippen molar-refractivity contribution in [3.8, 4) is 23.3 Å². The van der Waals surface area contributed by atoms with Gasteiger partial charge in [0.05, 0.1) is 29.0 Å². The van der Waals surface area contributed by atoms with Crippen LogP contribution in [-0.4, -0.2) is 0 Å². The third kappa shape index (κ3) is 3.97. The van der Waals surface area contributed by atoms with Crippen LogP contribution < -0.4 is 4.90 Å². The average Bonchev–Trinajstić information content (AvgIpc) is 3.05. The third-order valence-electron chi connectivity index (χ3n) is 7.68. The Morgan fingerprint density at radius 3 is 1.51 bits per heavy atom. The smallest absolute Gasteiger partial charge is 0.0998 e. The van der Waals surface area contributed by atoms with Crippen LogP contribution >= 0.6 is 0 Å². The second-order valence-electron chi connectivity index (χ2n) is 9.97. The van der Waals surface area contributed by atoms with E-state index in [1.165, 1.54) is 0 Å². The summed E-state index contributed by atoms with van der Waals surface area (Å²) in [5.74, 6) is 0. The van der Waals surface area contributed by atoms with Gasteiger partial charge >= 0.3 is 0 Å². The lowest BCUT2D eigenvalue weighted by Gasteiger charge is -2.28. The summed E-state index contributed by atoms with van der Waals surface area (Å²) in [6.07, 6.45) is 0. The van der Waals surface area contributed by atoms with Gasteiger partial charge in [0, 0.05) is 22.3 Å². The van der Waals surface area contributed by atoms with E-state index in [1.54, 1.807) is 18.2 Å². The molecule has 7 aromatic carbocycles. The van der Waals surface area contributed by atoms with Gasteiger partial charge in [0.15, 0.2) is 0 Å². The van der Waals surface area contributed by atoms with Crippen LogP contribution in [0.2, 0.25) is 0 Å². The number of para-hydroxylation sites is 2. The fraction of sp³-hybridized carbons (Fsp3) is 0. The molecule has 0 radical (unpaired) electrons. The van der Waals surface area contributed by atoms with Crippen LogP contribution in [0.25, 0.3) is 43.4 Å². The van der Waals surface area contributed by atoms with Crippen LogP contribution in [0.1, 0.15) is 11.1 Å². The van der Waals surface area contributed by atoms with Crippen molar-refractivity contribution in [2.75, 3.05) is 4.90 Å². The average molecular weight is 522 g/mol. The van der Waals surface area contributed by atoms with Gasteiger partial charge < -0.3 is 4.90 Å². The van der Waals surface area contributed by atoms with Crippen molar-refractivity contribution in [2.45, 2.75) is 0 Å². The summed E-state index contributed by atoms with van der Waals surface area (Å²) in [5.41, 5.74) is 5.72. The van der Waals surface area contributed by atoms with Gasteiger partial charge in [-0.1, -0.05) is 91.0 Å². The van der Waals surface area contributed by atoms with Gasteiger partial charge in [-0.05, 0) is 81.0 Å². The zero-order valence-electron chi connectivity index (χ0n) is 22.1. The third-order valence-corrected chi connectivity index (χ3v) is 7.68. The zero-order valence-corrected chi connectivity index (χ0v) is 22.1. The fourth-order valence-corrected chi connectivity index (χ4v) is 5.96. The molecule has 0 atom stereocenters. The predicted octanol–water partition coefficient (Wildman–Crippen LogP) is 10.0. The van der Waals surface area contributed by atoms with E-state index >= 15 is 0 Å². The quantitative estimate of drug-likeness (QED) is 0.217. The second kappa shape index (κ2) is 10.0. The van der Waals surface area contributed by atoms with Crippen LogP contribution in [0.5, 0.6) is 0 Å². The van der Waals surface area contributed by atoms with Crippen molar-refractivity contribution < 1.29 is 0 Å². The van der Waals surface area contributed by atoms with Gasteiger partial charge in [-0.25, -0.2) is 0 Å². The Morgan fingerprint density at radius 1 is 0.463 bits per heavy atom. The summed E-state index contributed by atoms with van der Waals surface area (Å²) in [5, 5.41) is 26.6. The van der Waals surface area contributed by atoms with E-state index in [1.807, 2.05) is 18.2 Å². The normalized spacial score (nSPS) is 10.9. The van der Waals surface area contributed by atoms with Gasteiger partial charge in [-0.3, -0.25) is 0 Å². The van der Waals surface area contributed by atoms with Crippen LogP contribution in [-0.2, 0) is 0 Å². The van der Waals surface area contributed by atoms with E-state index < -0.39 is 0 Å².